The van der Waals surface area contributed by atoms with Crippen LogP contribution in [-0.4, -0.2) is 51.8 Å². The van der Waals surface area contributed by atoms with Crippen LogP contribution in [0.25, 0.3) is 10.2 Å². The molecule has 0 saturated carbocycles. The van der Waals surface area contributed by atoms with Gasteiger partial charge in [-0.05, 0) is 51.2 Å². The van der Waals surface area contributed by atoms with Crippen LogP contribution in [0.2, 0.25) is 5.02 Å². The van der Waals surface area contributed by atoms with Crippen LogP contribution in [0.1, 0.15) is 37.0 Å². The smallest absolute Gasteiger partial charge is 0.280 e. The number of carbonyl (C=O) groups is 1. The zero-order valence-corrected chi connectivity index (χ0v) is 18.3. The SMILES string of the molecule is CCN(CC)CCN(C(=O)c1cc(C)n(CC)n1)c1nc2ccc(Cl)cc2s1. The Kier molecular flexibility index (Phi) is 6.69. The zero-order chi connectivity index (χ0) is 20.3. The topological polar surface area (TPSA) is 54.3 Å². The van der Waals surface area contributed by atoms with Crippen molar-refractivity contribution in [3.63, 3.8) is 0 Å². The lowest BCUT2D eigenvalue weighted by molar-refractivity contribution is 0.0978. The summed E-state index contributed by atoms with van der Waals surface area (Å²) < 4.78 is 2.81. The number of aryl methyl sites for hydroxylation is 2. The summed E-state index contributed by atoms with van der Waals surface area (Å²) in [6.07, 6.45) is 0. The second-order valence-electron chi connectivity index (χ2n) is 6.58. The number of anilines is 1. The van der Waals surface area contributed by atoms with Gasteiger partial charge in [-0.3, -0.25) is 14.4 Å². The molecule has 0 saturated heterocycles. The van der Waals surface area contributed by atoms with Crippen molar-refractivity contribution in [1.29, 1.82) is 0 Å². The van der Waals surface area contributed by atoms with Gasteiger partial charge in [0.2, 0.25) is 0 Å². The van der Waals surface area contributed by atoms with Crippen molar-refractivity contribution in [3.05, 3.63) is 40.7 Å². The highest BCUT2D eigenvalue weighted by atomic mass is 35.5. The number of halogens is 1. The standard InChI is InChI=1S/C20H26ClN5OS/c1-5-24(6-2)10-11-25(19(27)17-12-14(4)26(7-3)23-17)20-22-16-9-8-15(21)13-18(16)28-20/h8-9,12-13H,5-7,10-11H2,1-4H3. The summed E-state index contributed by atoms with van der Waals surface area (Å²) in [6, 6.07) is 7.45. The number of benzene rings is 1. The summed E-state index contributed by atoms with van der Waals surface area (Å²) in [7, 11) is 0. The fraction of sp³-hybridized carbons (Fsp3) is 0.450. The lowest BCUT2D eigenvalue weighted by Crippen LogP contribution is -2.39. The number of amides is 1. The molecule has 0 N–H and O–H groups in total. The van der Waals surface area contributed by atoms with Gasteiger partial charge in [0.05, 0.1) is 10.2 Å². The van der Waals surface area contributed by atoms with Crippen molar-refractivity contribution in [1.82, 2.24) is 19.7 Å². The number of fused-ring (bicyclic) bond motifs is 1. The first-order valence-corrected chi connectivity index (χ1v) is 10.8. The van der Waals surface area contributed by atoms with Crippen molar-refractivity contribution in [2.45, 2.75) is 34.2 Å². The van der Waals surface area contributed by atoms with Crippen LogP contribution in [-0.2, 0) is 6.54 Å². The molecule has 0 aliphatic rings. The minimum Gasteiger partial charge on any atom is -0.302 e. The first-order valence-electron chi connectivity index (χ1n) is 9.61. The number of likely N-dealkylation sites (N-methyl/N-ethyl adjacent to an activating group) is 1. The Morgan fingerprint density at radius 1 is 1.18 bits per heavy atom. The Labute approximate surface area is 174 Å². The number of carbonyl (C=O) groups excluding carboxylic acids is 1. The molecule has 6 nitrogen and oxygen atoms in total. The largest absolute Gasteiger partial charge is 0.302 e. The van der Waals surface area contributed by atoms with Gasteiger partial charge in [-0.15, -0.1) is 0 Å². The van der Waals surface area contributed by atoms with E-state index in [2.05, 4.69) is 23.8 Å². The molecule has 2 aromatic heterocycles. The third-order valence-corrected chi connectivity index (χ3v) is 6.13. The molecule has 0 aliphatic carbocycles. The zero-order valence-electron chi connectivity index (χ0n) is 16.8. The second-order valence-corrected chi connectivity index (χ2v) is 8.02. The van der Waals surface area contributed by atoms with Crippen LogP contribution in [0.4, 0.5) is 5.13 Å². The average molecular weight is 420 g/mol. The van der Waals surface area contributed by atoms with Gasteiger partial charge in [-0.2, -0.15) is 5.10 Å². The summed E-state index contributed by atoms with van der Waals surface area (Å²) in [5.41, 5.74) is 2.28. The molecule has 1 amide bonds. The van der Waals surface area contributed by atoms with E-state index in [0.29, 0.717) is 22.4 Å². The molecule has 1 aromatic carbocycles. The van der Waals surface area contributed by atoms with E-state index in [1.807, 2.05) is 42.8 Å². The van der Waals surface area contributed by atoms with Gasteiger partial charge in [-0.1, -0.05) is 36.8 Å². The molecule has 2 heterocycles. The van der Waals surface area contributed by atoms with Gasteiger partial charge in [0, 0.05) is 30.4 Å². The molecule has 0 unspecified atom stereocenters. The lowest BCUT2D eigenvalue weighted by atomic mass is 10.3. The van der Waals surface area contributed by atoms with E-state index in [1.165, 1.54) is 11.3 Å². The number of hydrogen-bond donors (Lipinski definition) is 0. The molecule has 28 heavy (non-hydrogen) atoms. The van der Waals surface area contributed by atoms with Crippen LogP contribution in [0.15, 0.2) is 24.3 Å². The molecule has 0 spiro atoms. The van der Waals surface area contributed by atoms with Gasteiger partial charge in [0.15, 0.2) is 10.8 Å². The van der Waals surface area contributed by atoms with Crippen molar-refractivity contribution in [3.8, 4) is 0 Å². The fourth-order valence-corrected chi connectivity index (χ4v) is 4.41. The van der Waals surface area contributed by atoms with Crippen molar-refractivity contribution >= 4 is 44.2 Å². The molecular formula is C20H26ClN5OS. The summed E-state index contributed by atoms with van der Waals surface area (Å²) in [4.78, 5) is 22.1. The minimum absolute atomic E-state index is 0.118. The maximum atomic E-state index is 13.3. The summed E-state index contributed by atoms with van der Waals surface area (Å²) in [6.45, 7) is 12.2. The number of thiazole rings is 1. The van der Waals surface area contributed by atoms with Gasteiger partial charge in [-0.25, -0.2) is 4.98 Å². The third kappa shape index (κ3) is 4.37. The van der Waals surface area contributed by atoms with Crippen molar-refractivity contribution < 1.29 is 4.79 Å². The molecule has 0 atom stereocenters. The van der Waals surface area contributed by atoms with E-state index >= 15 is 0 Å². The minimum atomic E-state index is -0.118. The average Bonchev–Trinajstić information content (AvgIpc) is 3.27. The molecule has 3 rings (SSSR count). The summed E-state index contributed by atoms with van der Waals surface area (Å²) >= 11 is 7.60. The summed E-state index contributed by atoms with van der Waals surface area (Å²) in [5.74, 6) is -0.118. The molecular weight excluding hydrogens is 394 g/mol. The lowest BCUT2D eigenvalue weighted by Gasteiger charge is -2.24. The second kappa shape index (κ2) is 9.03. The molecule has 0 fully saturated rings. The van der Waals surface area contributed by atoms with Gasteiger partial charge in [0.1, 0.15) is 0 Å². The predicted molar refractivity (Wildman–Crippen MR) is 117 cm³/mol. The molecule has 8 heteroatoms. The van der Waals surface area contributed by atoms with Crippen LogP contribution in [0.5, 0.6) is 0 Å². The molecule has 0 radical (unpaired) electrons. The molecule has 0 aliphatic heterocycles. The highest BCUT2D eigenvalue weighted by Gasteiger charge is 2.24. The quantitative estimate of drug-likeness (QED) is 0.540. The number of aromatic nitrogens is 3. The van der Waals surface area contributed by atoms with E-state index in [-0.39, 0.29) is 5.91 Å². The van der Waals surface area contributed by atoms with E-state index in [1.54, 1.807) is 4.90 Å². The number of rotatable bonds is 8. The Balaban J connectivity index is 1.96. The Morgan fingerprint density at radius 3 is 2.57 bits per heavy atom. The number of nitrogens with zero attached hydrogens (tertiary/aromatic N) is 5. The summed E-state index contributed by atoms with van der Waals surface area (Å²) in [5, 5.41) is 5.82. The molecule has 150 valence electrons. The highest BCUT2D eigenvalue weighted by Crippen LogP contribution is 2.31. The maximum absolute atomic E-state index is 13.3. The molecule has 3 aromatic rings. The highest BCUT2D eigenvalue weighted by molar-refractivity contribution is 7.22. The first kappa shape index (κ1) is 20.8. The Morgan fingerprint density at radius 2 is 1.93 bits per heavy atom. The normalized spacial score (nSPS) is 11.5. The van der Waals surface area contributed by atoms with Crippen LogP contribution in [0, 0.1) is 6.92 Å². The fourth-order valence-electron chi connectivity index (χ4n) is 3.14. The first-order chi connectivity index (χ1) is 13.5. The van der Waals surface area contributed by atoms with Crippen molar-refractivity contribution in [2.24, 2.45) is 0 Å². The van der Waals surface area contributed by atoms with Crippen LogP contribution >= 0.6 is 22.9 Å². The van der Waals surface area contributed by atoms with E-state index in [9.17, 15) is 4.79 Å². The molecule has 0 bridgehead atoms. The van der Waals surface area contributed by atoms with Gasteiger partial charge >= 0.3 is 0 Å². The van der Waals surface area contributed by atoms with Gasteiger partial charge in [0.25, 0.3) is 5.91 Å². The number of hydrogen-bond acceptors (Lipinski definition) is 5. The van der Waals surface area contributed by atoms with E-state index in [0.717, 1.165) is 42.1 Å². The Bertz CT molecular complexity index is 963. The maximum Gasteiger partial charge on any atom is 0.280 e. The van der Waals surface area contributed by atoms with E-state index in [4.69, 9.17) is 16.6 Å². The van der Waals surface area contributed by atoms with Gasteiger partial charge < -0.3 is 4.90 Å². The Hall–Kier alpha value is -1.96. The monoisotopic (exact) mass is 419 g/mol. The van der Waals surface area contributed by atoms with E-state index < -0.39 is 0 Å². The third-order valence-electron chi connectivity index (χ3n) is 4.85. The predicted octanol–water partition coefficient (Wildman–Crippen LogP) is 4.46. The van der Waals surface area contributed by atoms with Crippen molar-refractivity contribution in [2.75, 3.05) is 31.1 Å². The van der Waals surface area contributed by atoms with Crippen LogP contribution < -0.4 is 4.90 Å². The van der Waals surface area contributed by atoms with Crippen LogP contribution in [0.3, 0.4) is 0 Å².